The van der Waals surface area contributed by atoms with Crippen LogP contribution in [0, 0.1) is 6.92 Å². The van der Waals surface area contributed by atoms with E-state index in [1.54, 1.807) is 0 Å². The molecule has 0 N–H and O–H groups in total. The van der Waals surface area contributed by atoms with Crippen LogP contribution in [0.25, 0.3) is 0 Å². The van der Waals surface area contributed by atoms with Gasteiger partial charge in [0.25, 0.3) is 0 Å². The van der Waals surface area contributed by atoms with Crippen molar-refractivity contribution in [1.82, 2.24) is 0 Å². The van der Waals surface area contributed by atoms with Crippen molar-refractivity contribution in [2.45, 2.75) is 6.92 Å². The van der Waals surface area contributed by atoms with Gasteiger partial charge in [0.2, 0.25) is 0 Å². The van der Waals surface area contributed by atoms with Crippen LogP contribution in [0.1, 0.15) is 5.56 Å². The predicted molar refractivity (Wildman–Crippen MR) is 38.9 cm³/mol. The molecule has 0 spiro atoms. The first-order valence-corrected chi connectivity index (χ1v) is 3.31. The molecular formula is C7H7BrZn. The summed E-state index contributed by atoms with van der Waals surface area (Å²) >= 11 is 3.40. The third kappa shape index (κ3) is 2.60. The first kappa shape index (κ1) is 9.32. The molecule has 1 aromatic rings. The second-order valence-corrected chi connectivity index (χ2v) is 2.60. The minimum absolute atomic E-state index is 0. The van der Waals surface area contributed by atoms with E-state index in [4.69, 9.17) is 0 Å². The quantitative estimate of drug-likeness (QED) is 0.608. The van der Waals surface area contributed by atoms with E-state index in [9.17, 15) is 0 Å². The van der Waals surface area contributed by atoms with Crippen LogP contribution in [0.3, 0.4) is 0 Å². The van der Waals surface area contributed by atoms with Gasteiger partial charge in [-0.25, -0.2) is 0 Å². The second kappa shape index (κ2) is 4.19. The Kier molecular flexibility index (Phi) is 4.34. The smallest absolute Gasteiger partial charge is 0.0204 e. The zero-order chi connectivity index (χ0) is 5.98. The Morgan fingerprint density at radius 1 is 1.22 bits per heavy atom. The third-order valence-corrected chi connectivity index (χ3v) is 1.97. The molecular weight excluding hydrogens is 229 g/mol. The van der Waals surface area contributed by atoms with Gasteiger partial charge < -0.3 is 0 Å². The van der Waals surface area contributed by atoms with E-state index in [-0.39, 0.29) is 19.5 Å². The maximum Gasteiger partial charge on any atom is 0.0204 e. The molecule has 0 fully saturated rings. The first-order chi connectivity index (χ1) is 3.80. The van der Waals surface area contributed by atoms with Crippen LogP contribution in [-0.4, -0.2) is 0 Å². The molecule has 0 radical (unpaired) electrons. The van der Waals surface area contributed by atoms with Gasteiger partial charge in [-0.3, -0.25) is 0 Å². The van der Waals surface area contributed by atoms with Crippen molar-refractivity contribution >= 4 is 15.9 Å². The number of halogens is 1. The average Bonchev–Trinajstić information content (AvgIpc) is 1.77. The Balaban J connectivity index is 0.000000640. The van der Waals surface area contributed by atoms with E-state index in [0.29, 0.717) is 0 Å². The summed E-state index contributed by atoms with van der Waals surface area (Å²) in [4.78, 5) is 0. The predicted octanol–water partition coefficient (Wildman–Crippen LogP) is 2.76. The van der Waals surface area contributed by atoms with Gasteiger partial charge in [0.15, 0.2) is 0 Å². The Hall–Kier alpha value is 0.323. The summed E-state index contributed by atoms with van der Waals surface area (Å²) in [5.41, 5.74) is 1.28. The number of aryl methyl sites for hydroxylation is 1. The molecule has 1 rings (SSSR count). The van der Waals surface area contributed by atoms with Gasteiger partial charge in [-0.05, 0) is 18.6 Å². The van der Waals surface area contributed by atoms with Crippen molar-refractivity contribution in [3.8, 4) is 0 Å². The van der Waals surface area contributed by atoms with Crippen molar-refractivity contribution in [2.75, 3.05) is 0 Å². The maximum atomic E-state index is 3.40. The summed E-state index contributed by atoms with van der Waals surface area (Å²) in [5, 5.41) is 0. The summed E-state index contributed by atoms with van der Waals surface area (Å²) < 4.78 is 1.18. The molecule has 44 valence electrons. The van der Waals surface area contributed by atoms with Crippen molar-refractivity contribution < 1.29 is 19.5 Å². The van der Waals surface area contributed by atoms with Crippen molar-refractivity contribution in [2.24, 2.45) is 0 Å². The number of hydrogen-bond acceptors (Lipinski definition) is 0. The SMILES string of the molecule is Cc1ccccc1Br.[Zn]. The standard InChI is InChI=1S/C7H7Br.Zn/c1-6-4-2-3-5-7(6)8;/h2-5H,1H3;. The first-order valence-electron chi connectivity index (χ1n) is 2.52. The fraction of sp³-hybridized carbons (Fsp3) is 0.143. The summed E-state index contributed by atoms with van der Waals surface area (Å²) in [6, 6.07) is 8.15. The summed E-state index contributed by atoms with van der Waals surface area (Å²) in [7, 11) is 0. The molecule has 0 saturated carbocycles. The van der Waals surface area contributed by atoms with Gasteiger partial charge in [-0.15, -0.1) is 0 Å². The molecule has 0 saturated heterocycles. The molecule has 0 unspecified atom stereocenters. The van der Waals surface area contributed by atoms with Crippen LogP contribution in [0.15, 0.2) is 28.7 Å². The van der Waals surface area contributed by atoms with E-state index < -0.39 is 0 Å². The molecule has 0 amide bonds. The number of benzene rings is 1. The van der Waals surface area contributed by atoms with E-state index in [0.717, 1.165) is 0 Å². The molecule has 1 aromatic carbocycles. The molecule has 0 atom stereocenters. The Morgan fingerprint density at radius 2 is 1.78 bits per heavy atom. The van der Waals surface area contributed by atoms with Crippen LogP contribution in [0.5, 0.6) is 0 Å². The topological polar surface area (TPSA) is 0 Å². The van der Waals surface area contributed by atoms with Crippen molar-refractivity contribution in [3.63, 3.8) is 0 Å². The van der Waals surface area contributed by atoms with Crippen LogP contribution >= 0.6 is 15.9 Å². The Labute approximate surface area is 76.5 Å². The van der Waals surface area contributed by atoms with Crippen LogP contribution in [0.4, 0.5) is 0 Å². The molecule has 0 aromatic heterocycles. The molecule has 0 nitrogen and oxygen atoms in total. The fourth-order valence-electron chi connectivity index (χ4n) is 0.551. The monoisotopic (exact) mass is 234 g/mol. The van der Waals surface area contributed by atoms with Crippen LogP contribution in [0.2, 0.25) is 0 Å². The molecule has 0 bridgehead atoms. The Bertz CT molecular complexity index is 165. The molecule has 2 heteroatoms. The van der Waals surface area contributed by atoms with Gasteiger partial charge in [-0.1, -0.05) is 34.1 Å². The fourth-order valence-corrected chi connectivity index (χ4v) is 0.836. The van der Waals surface area contributed by atoms with Crippen molar-refractivity contribution in [3.05, 3.63) is 34.3 Å². The minimum atomic E-state index is 0. The number of rotatable bonds is 0. The normalized spacial score (nSPS) is 8.22. The van der Waals surface area contributed by atoms with Gasteiger partial charge in [0.05, 0.1) is 0 Å². The van der Waals surface area contributed by atoms with Crippen LogP contribution < -0.4 is 0 Å². The number of hydrogen-bond donors (Lipinski definition) is 0. The molecule has 0 heterocycles. The largest absolute Gasteiger partial charge is 0.0619 e. The third-order valence-electron chi connectivity index (χ3n) is 1.08. The van der Waals surface area contributed by atoms with E-state index in [1.165, 1.54) is 10.0 Å². The van der Waals surface area contributed by atoms with Crippen molar-refractivity contribution in [1.29, 1.82) is 0 Å². The second-order valence-electron chi connectivity index (χ2n) is 1.75. The molecule has 0 aliphatic heterocycles. The maximum absolute atomic E-state index is 3.40. The van der Waals surface area contributed by atoms with Gasteiger partial charge in [-0.2, -0.15) is 0 Å². The van der Waals surface area contributed by atoms with Gasteiger partial charge >= 0.3 is 0 Å². The van der Waals surface area contributed by atoms with Gasteiger partial charge in [0.1, 0.15) is 0 Å². The zero-order valence-electron chi connectivity index (χ0n) is 5.39. The summed E-state index contributed by atoms with van der Waals surface area (Å²) in [6.07, 6.45) is 0. The summed E-state index contributed by atoms with van der Waals surface area (Å²) in [5.74, 6) is 0. The average molecular weight is 236 g/mol. The van der Waals surface area contributed by atoms with E-state index >= 15 is 0 Å². The van der Waals surface area contributed by atoms with Gasteiger partial charge in [0, 0.05) is 24.0 Å². The summed E-state index contributed by atoms with van der Waals surface area (Å²) in [6.45, 7) is 2.07. The molecule has 9 heavy (non-hydrogen) atoms. The molecule has 0 aliphatic carbocycles. The van der Waals surface area contributed by atoms with Crippen LogP contribution in [-0.2, 0) is 19.5 Å². The molecule has 0 aliphatic rings. The zero-order valence-corrected chi connectivity index (χ0v) is 9.95. The Morgan fingerprint density at radius 3 is 2.11 bits per heavy atom. The van der Waals surface area contributed by atoms with E-state index in [1.807, 2.05) is 18.2 Å². The van der Waals surface area contributed by atoms with E-state index in [2.05, 4.69) is 28.9 Å². The minimum Gasteiger partial charge on any atom is -0.0619 e.